The number of ether oxygens (including phenoxy) is 1. The average molecular weight is 525 g/mol. The summed E-state index contributed by atoms with van der Waals surface area (Å²) in [5.74, 6) is -2.86. The molecule has 5 rings (SSSR count). The molecule has 0 saturated heterocycles. The molecule has 1 aliphatic carbocycles. The summed E-state index contributed by atoms with van der Waals surface area (Å²) in [5.41, 5.74) is -0.0348. The van der Waals surface area contributed by atoms with Crippen molar-refractivity contribution in [3.63, 3.8) is 0 Å². The van der Waals surface area contributed by atoms with Gasteiger partial charge in [-0.25, -0.2) is 4.39 Å². The van der Waals surface area contributed by atoms with Crippen LogP contribution in [0.4, 0.5) is 17.6 Å². The van der Waals surface area contributed by atoms with E-state index >= 15 is 0 Å². The Balaban J connectivity index is 1.40. The van der Waals surface area contributed by atoms with Crippen LogP contribution in [0.3, 0.4) is 0 Å². The molecule has 1 atom stereocenters. The largest absolute Gasteiger partial charge is 0.491 e. The van der Waals surface area contributed by atoms with Crippen LogP contribution in [0, 0.1) is 12.7 Å². The van der Waals surface area contributed by atoms with Crippen molar-refractivity contribution in [3.8, 4) is 28.3 Å². The summed E-state index contributed by atoms with van der Waals surface area (Å²) in [7, 11) is 0. The first-order valence-electron chi connectivity index (χ1n) is 10.7. The predicted octanol–water partition coefficient (Wildman–Crippen LogP) is 4.27. The quantitative estimate of drug-likeness (QED) is 0.483. The Hall–Kier alpha value is -3.67. The Morgan fingerprint density at radius 2 is 1.94 bits per heavy atom. The van der Waals surface area contributed by atoms with Crippen LogP contribution in [0.5, 0.6) is 5.75 Å². The maximum Gasteiger partial charge on any atom is 0.471 e. The van der Waals surface area contributed by atoms with Crippen molar-refractivity contribution >= 4 is 23.4 Å². The number of halogens is 5. The fourth-order valence-electron chi connectivity index (χ4n) is 4.04. The molecule has 0 spiro atoms. The van der Waals surface area contributed by atoms with E-state index in [0.717, 1.165) is 6.07 Å². The second-order valence-corrected chi connectivity index (χ2v) is 9.01. The predicted molar refractivity (Wildman–Crippen MR) is 117 cm³/mol. The molecule has 1 unspecified atom stereocenters. The van der Waals surface area contributed by atoms with Crippen LogP contribution in [0.1, 0.15) is 30.3 Å². The fraction of sp³-hybridized carbons (Fsp3) is 0.304. The number of amides is 2. The molecule has 0 bridgehead atoms. The van der Waals surface area contributed by atoms with Gasteiger partial charge in [0.15, 0.2) is 0 Å². The van der Waals surface area contributed by atoms with Gasteiger partial charge in [0.2, 0.25) is 17.6 Å². The number of benzene rings is 2. The Morgan fingerprint density at radius 3 is 2.58 bits per heavy atom. The van der Waals surface area contributed by atoms with E-state index in [1.165, 1.54) is 0 Å². The van der Waals surface area contributed by atoms with E-state index in [4.69, 9.17) is 20.9 Å². The van der Waals surface area contributed by atoms with Crippen molar-refractivity contribution in [2.45, 2.75) is 37.5 Å². The van der Waals surface area contributed by atoms with E-state index in [1.54, 1.807) is 36.5 Å². The second kappa shape index (κ2) is 8.47. The van der Waals surface area contributed by atoms with E-state index in [1.807, 2.05) is 0 Å². The number of aromatic nitrogens is 2. The molecule has 2 aromatic carbocycles. The smallest absolute Gasteiger partial charge is 0.471 e. The maximum absolute atomic E-state index is 14.9. The first kappa shape index (κ1) is 24.0. The number of nitrogens with one attached hydrogen (secondary N) is 2. The summed E-state index contributed by atoms with van der Waals surface area (Å²) < 4.78 is 63.4. The van der Waals surface area contributed by atoms with Crippen LogP contribution in [-0.4, -0.2) is 40.3 Å². The molecule has 3 aromatic rings. The van der Waals surface area contributed by atoms with Crippen LogP contribution in [0.25, 0.3) is 22.5 Å². The SMILES string of the molecule is Cc1nc(-c2c(F)cc(Cl)cc2-c2ccc3c(c2)OCC3NC(=O)C2(NC(=O)C(F)(F)F)CC2)no1. The van der Waals surface area contributed by atoms with E-state index < -0.39 is 35.4 Å². The van der Waals surface area contributed by atoms with Gasteiger partial charge in [-0.05, 0) is 42.2 Å². The second-order valence-electron chi connectivity index (χ2n) is 8.57. The van der Waals surface area contributed by atoms with E-state index in [9.17, 15) is 27.2 Å². The lowest BCUT2D eigenvalue weighted by Crippen LogP contribution is -2.53. The molecule has 2 N–H and O–H groups in total. The minimum atomic E-state index is -5.09. The van der Waals surface area contributed by atoms with Crippen LogP contribution >= 0.6 is 11.6 Å². The molecule has 13 heteroatoms. The maximum atomic E-state index is 14.9. The normalized spacial score (nSPS) is 17.8. The van der Waals surface area contributed by atoms with Crippen molar-refractivity contribution in [1.82, 2.24) is 20.8 Å². The van der Waals surface area contributed by atoms with Crippen molar-refractivity contribution in [3.05, 3.63) is 52.6 Å². The zero-order valence-corrected chi connectivity index (χ0v) is 19.3. The third kappa shape index (κ3) is 4.36. The van der Waals surface area contributed by atoms with Gasteiger partial charge < -0.3 is 19.9 Å². The number of alkyl halides is 3. The summed E-state index contributed by atoms with van der Waals surface area (Å²) in [5, 5.41) is 8.38. The highest BCUT2D eigenvalue weighted by Gasteiger charge is 2.55. The highest BCUT2D eigenvalue weighted by molar-refractivity contribution is 6.31. The number of carbonyl (C=O) groups is 2. The van der Waals surface area contributed by atoms with Gasteiger partial charge in [0.25, 0.3) is 0 Å². The molecule has 36 heavy (non-hydrogen) atoms. The first-order chi connectivity index (χ1) is 17.0. The molecule has 1 saturated carbocycles. The molecule has 1 aliphatic heterocycles. The number of rotatable bonds is 5. The van der Waals surface area contributed by atoms with Crippen LogP contribution < -0.4 is 15.4 Å². The lowest BCUT2D eigenvalue weighted by atomic mass is 9.96. The minimum absolute atomic E-state index is 0.0224. The monoisotopic (exact) mass is 524 g/mol. The summed E-state index contributed by atoms with van der Waals surface area (Å²) >= 11 is 6.09. The van der Waals surface area contributed by atoms with Gasteiger partial charge >= 0.3 is 12.1 Å². The molecule has 0 radical (unpaired) electrons. The molecule has 2 amide bonds. The van der Waals surface area contributed by atoms with Gasteiger partial charge in [-0.15, -0.1) is 0 Å². The van der Waals surface area contributed by atoms with Gasteiger partial charge in [0.1, 0.15) is 23.7 Å². The average Bonchev–Trinajstić information content (AvgIpc) is 3.29. The van der Waals surface area contributed by atoms with Gasteiger partial charge in [0.05, 0.1) is 11.6 Å². The molecule has 2 aliphatic rings. The molecular weight excluding hydrogens is 508 g/mol. The topological polar surface area (TPSA) is 106 Å². The highest BCUT2D eigenvalue weighted by Crippen LogP contribution is 2.42. The van der Waals surface area contributed by atoms with Gasteiger partial charge in [-0.3, -0.25) is 9.59 Å². The Bertz CT molecular complexity index is 1390. The summed E-state index contributed by atoms with van der Waals surface area (Å²) in [4.78, 5) is 28.1. The number of hydrogen-bond donors (Lipinski definition) is 2. The number of aryl methyl sites for hydroxylation is 1. The Kier molecular flexibility index (Phi) is 5.66. The number of hydrogen-bond acceptors (Lipinski definition) is 6. The van der Waals surface area contributed by atoms with E-state index in [-0.39, 0.29) is 41.7 Å². The van der Waals surface area contributed by atoms with E-state index in [0.29, 0.717) is 22.4 Å². The lowest BCUT2D eigenvalue weighted by molar-refractivity contribution is -0.175. The summed E-state index contributed by atoms with van der Waals surface area (Å²) in [6.45, 7) is 1.59. The molecule has 1 fully saturated rings. The fourth-order valence-corrected chi connectivity index (χ4v) is 4.25. The minimum Gasteiger partial charge on any atom is -0.491 e. The lowest BCUT2D eigenvalue weighted by Gasteiger charge is -2.20. The molecular formula is C23H17ClF4N4O4. The van der Waals surface area contributed by atoms with Crippen molar-refractivity contribution in [1.29, 1.82) is 0 Å². The highest BCUT2D eigenvalue weighted by atomic mass is 35.5. The zero-order valence-electron chi connectivity index (χ0n) is 18.5. The first-order valence-corrected chi connectivity index (χ1v) is 11.1. The summed E-state index contributed by atoms with van der Waals surface area (Å²) in [6.07, 6.45) is -4.90. The molecule has 2 heterocycles. The van der Waals surface area contributed by atoms with Crippen molar-refractivity contribution < 1.29 is 36.4 Å². The molecule has 188 valence electrons. The molecule has 1 aromatic heterocycles. The standard InChI is InChI=1S/C23H17ClF4N4O4/c1-10-29-19(32-36-10)18-14(7-12(24)8-15(18)25)11-2-3-13-16(9-35-17(13)6-11)30-20(33)22(4-5-22)31-21(34)23(26,27)28/h2-3,6-8,16H,4-5,9H2,1H3,(H,30,33)(H,31,34). The van der Waals surface area contributed by atoms with Crippen molar-refractivity contribution in [2.75, 3.05) is 6.61 Å². The summed E-state index contributed by atoms with van der Waals surface area (Å²) in [6, 6.07) is 6.96. The van der Waals surface area contributed by atoms with Gasteiger partial charge in [-0.1, -0.05) is 28.9 Å². The Morgan fingerprint density at radius 1 is 1.19 bits per heavy atom. The molecule has 8 nitrogen and oxygen atoms in total. The number of nitrogens with zero attached hydrogens (tertiary/aromatic N) is 2. The zero-order chi connectivity index (χ0) is 25.8. The van der Waals surface area contributed by atoms with Crippen LogP contribution in [0.15, 0.2) is 34.9 Å². The van der Waals surface area contributed by atoms with E-state index in [2.05, 4.69) is 15.5 Å². The third-order valence-electron chi connectivity index (χ3n) is 6.01. The van der Waals surface area contributed by atoms with Gasteiger partial charge in [-0.2, -0.15) is 18.2 Å². The number of carbonyl (C=O) groups excluding carboxylic acids is 2. The van der Waals surface area contributed by atoms with Crippen LogP contribution in [0.2, 0.25) is 5.02 Å². The third-order valence-corrected chi connectivity index (χ3v) is 6.23. The Labute approximate surface area is 206 Å². The number of fused-ring (bicyclic) bond motifs is 1. The van der Waals surface area contributed by atoms with Crippen molar-refractivity contribution in [2.24, 2.45) is 0 Å². The van der Waals surface area contributed by atoms with Gasteiger partial charge in [0, 0.05) is 17.5 Å². The van der Waals surface area contributed by atoms with Crippen LogP contribution in [-0.2, 0) is 9.59 Å².